The van der Waals surface area contributed by atoms with Gasteiger partial charge < -0.3 is 23.7 Å². The van der Waals surface area contributed by atoms with Gasteiger partial charge in [-0.1, -0.05) is 97.1 Å². The zero-order chi connectivity index (χ0) is 29.1. The van der Waals surface area contributed by atoms with Crippen LogP contribution >= 0.6 is 11.8 Å². The second-order valence-corrected chi connectivity index (χ2v) is 11.9. The Hall–Kier alpha value is -2.97. The zero-order valence-corrected chi connectivity index (χ0v) is 25.4. The minimum absolute atomic E-state index is 0.174. The predicted molar refractivity (Wildman–Crippen MR) is 167 cm³/mol. The Morgan fingerprint density at radius 3 is 1.74 bits per heavy atom. The van der Waals surface area contributed by atoms with E-state index >= 15 is 0 Å². The molecular formula is C36H40O5S. The fourth-order valence-electron chi connectivity index (χ4n) is 5.06. The van der Waals surface area contributed by atoms with Crippen molar-refractivity contribution >= 4 is 11.8 Å². The van der Waals surface area contributed by atoms with Gasteiger partial charge in [-0.2, -0.15) is 0 Å². The maximum absolute atomic E-state index is 6.77. The van der Waals surface area contributed by atoms with Gasteiger partial charge in [0, 0.05) is 12.0 Å². The Morgan fingerprint density at radius 1 is 0.643 bits per heavy atom. The lowest BCUT2D eigenvalue weighted by Crippen LogP contribution is -2.59. The van der Waals surface area contributed by atoms with Crippen LogP contribution in [0.5, 0.6) is 0 Å². The quantitative estimate of drug-likeness (QED) is 0.162. The Bertz CT molecular complexity index is 1350. The van der Waals surface area contributed by atoms with E-state index in [-0.39, 0.29) is 23.6 Å². The molecule has 5 rings (SSSR count). The standard InChI is InChI=1S/C36H40O5S/c1-26-19-20-31(21-27(26)2)42-35-34(40-24-30-17-11-6-12-18-30)33(39-23-29-15-9-5-10-16-29)32(41-36(35)37-3)25-38-22-28-13-7-4-8-14-28/h4-21,32-36H,22-25H2,1-3H3/t32-,33-,34+,35+,36+/m1/s1. The lowest BCUT2D eigenvalue weighted by molar-refractivity contribution is -0.268. The van der Waals surface area contributed by atoms with E-state index in [4.69, 9.17) is 23.7 Å². The van der Waals surface area contributed by atoms with Crippen LogP contribution in [0.1, 0.15) is 27.8 Å². The van der Waals surface area contributed by atoms with Gasteiger partial charge in [-0.25, -0.2) is 0 Å². The first-order chi connectivity index (χ1) is 20.6. The second-order valence-electron chi connectivity index (χ2n) is 10.6. The van der Waals surface area contributed by atoms with E-state index < -0.39 is 6.29 Å². The van der Waals surface area contributed by atoms with Gasteiger partial charge in [0.05, 0.1) is 31.7 Å². The summed E-state index contributed by atoms with van der Waals surface area (Å²) in [6.07, 6.45) is -1.62. The van der Waals surface area contributed by atoms with Crippen LogP contribution in [0.15, 0.2) is 114 Å². The average molecular weight is 585 g/mol. The molecule has 0 spiro atoms. The van der Waals surface area contributed by atoms with Crippen molar-refractivity contribution in [3.8, 4) is 0 Å². The second kappa shape index (κ2) is 15.5. The van der Waals surface area contributed by atoms with Crippen LogP contribution < -0.4 is 0 Å². The van der Waals surface area contributed by atoms with Crippen molar-refractivity contribution in [2.75, 3.05) is 13.7 Å². The number of thioether (sulfide) groups is 1. The molecule has 1 aliphatic rings. The molecule has 5 atom stereocenters. The number of ether oxygens (including phenoxy) is 5. The van der Waals surface area contributed by atoms with Crippen LogP contribution in [0.3, 0.4) is 0 Å². The summed E-state index contributed by atoms with van der Waals surface area (Å²) >= 11 is 1.72. The zero-order valence-electron chi connectivity index (χ0n) is 24.6. The summed E-state index contributed by atoms with van der Waals surface area (Å²) < 4.78 is 32.3. The van der Waals surface area contributed by atoms with Gasteiger partial charge in [0.25, 0.3) is 0 Å². The van der Waals surface area contributed by atoms with E-state index in [2.05, 4.69) is 68.4 Å². The van der Waals surface area contributed by atoms with Crippen LogP contribution in [0.2, 0.25) is 0 Å². The highest BCUT2D eigenvalue weighted by Crippen LogP contribution is 2.39. The highest BCUT2D eigenvalue weighted by atomic mass is 32.2. The van der Waals surface area contributed by atoms with Crippen molar-refractivity contribution in [3.05, 3.63) is 137 Å². The summed E-state index contributed by atoms with van der Waals surface area (Å²) in [4.78, 5) is 1.14. The van der Waals surface area contributed by atoms with E-state index in [0.717, 1.165) is 21.6 Å². The molecule has 6 heteroatoms. The van der Waals surface area contributed by atoms with Crippen LogP contribution in [-0.4, -0.2) is 43.6 Å². The fourth-order valence-corrected chi connectivity index (χ4v) is 6.42. The van der Waals surface area contributed by atoms with Crippen molar-refractivity contribution in [2.24, 2.45) is 0 Å². The highest BCUT2D eigenvalue weighted by Gasteiger charge is 2.48. The normalized spacial score (nSPS) is 22.2. The summed E-state index contributed by atoms with van der Waals surface area (Å²) in [5, 5.41) is -0.174. The molecule has 0 radical (unpaired) electrons. The molecule has 0 aliphatic carbocycles. The van der Waals surface area contributed by atoms with Gasteiger partial charge in [0.1, 0.15) is 18.3 Å². The molecule has 0 bridgehead atoms. The number of methoxy groups -OCH3 is 1. The van der Waals surface area contributed by atoms with E-state index in [1.807, 2.05) is 54.6 Å². The molecule has 1 aliphatic heterocycles. The molecule has 1 heterocycles. The summed E-state index contributed by atoms with van der Waals surface area (Å²) in [7, 11) is 1.69. The molecule has 220 valence electrons. The maximum Gasteiger partial charge on any atom is 0.172 e. The minimum atomic E-state index is -0.515. The molecule has 4 aromatic rings. The van der Waals surface area contributed by atoms with E-state index in [1.54, 1.807) is 18.9 Å². The smallest absolute Gasteiger partial charge is 0.172 e. The number of aryl methyl sites for hydroxylation is 2. The van der Waals surface area contributed by atoms with Gasteiger partial charge in [0.2, 0.25) is 0 Å². The third-order valence-corrected chi connectivity index (χ3v) is 8.83. The van der Waals surface area contributed by atoms with Crippen LogP contribution in [0, 0.1) is 13.8 Å². The van der Waals surface area contributed by atoms with E-state index in [0.29, 0.717) is 26.4 Å². The van der Waals surface area contributed by atoms with Crippen LogP contribution in [0.4, 0.5) is 0 Å². The molecule has 5 nitrogen and oxygen atoms in total. The Kier molecular flexibility index (Phi) is 11.2. The van der Waals surface area contributed by atoms with Crippen molar-refractivity contribution < 1.29 is 23.7 Å². The van der Waals surface area contributed by atoms with Gasteiger partial charge in [0.15, 0.2) is 6.29 Å². The molecular weight excluding hydrogens is 544 g/mol. The van der Waals surface area contributed by atoms with Gasteiger partial charge in [-0.3, -0.25) is 0 Å². The lowest BCUT2D eigenvalue weighted by atomic mass is 10.00. The summed E-state index contributed by atoms with van der Waals surface area (Å²) in [6, 6.07) is 37.2. The minimum Gasteiger partial charge on any atom is -0.374 e. The molecule has 0 N–H and O–H groups in total. The van der Waals surface area contributed by atoms with Gasteiger partial charge in [-0.15, -0.1) is 11.8 Å². The fraction of sp³-hybridized carbons (Fsp3) is 0.333. The molecule has 1 saturated heterocycles. The lowest BCUT2D eigenvalue weighted by Gasteiger charge is -2.45. The Balaban J connectivity index is 1.43. The molecule has 42 heavy (non-hydrogen) atoms. The van der Waals surface area contributed by atoms with Crippen molar-refractivity contribution in [1.82, 2.24) is 0 Å². The summed E-state index contributed by atoms with van der Waals surface area (Å²) in [5.74, 6) is 0. The number of hydrogen-bond acceptors (Lipinski definition) is 6. The third kappa shape index (κ3) is 8.32. The predicted octanol–water partition coefficient (Wildman–Crippen LogP) is 7.52. The maximum atomic E-state index is 6.77. The topological polar surface area (TPSA) is 46.2 Å². The van der Waals surface area contributed by atoms with E-state index in [1.165, 1.54) is 11.1 Å². The van der Waals surface area contributed by atoms with Crippen molar-refractivity contribution in [1.29, 1.82) is 0 Å². The molecule has 0 aromatic heterocycles. The SMILES string of the molecule is CO[C@H]1O[C@H](COCc2ccccc2)[C@@H](OCc2ccccc2)[C@H](OCc2ccccc2)[C@@H]1Sc1ccc(C)c(C)c1. The van der Waals surface area contributed by atoms with Gasteiger partial charge in [-0.05, 0) is 53.8 Å². The first-order valence-electron chi connectivity index (χ1n) is 14.5. The van der Waals surface area contributed by atoms with Crippen LogP contribution in [-0.2, 0) is 43.5 Å². The molecule has 4 aromatic carbocycles. The number of hydrogen-bond donors (Lipinski definition) is 0. The molecule has 0 amide bonds. The van der Waals surface area contributed by atoms with Gasteiger partial charge >= 0.3 is 0 Å². The van der Waals surface area contributed by atoms with Crippen molar-refractivity contribution in [2.45, 2.75) is 68.4 Å². The van der Waals surface area contributed by atoms with E-state index in [9.17, 15) is 0 Å². The summed E-state index contributed by atoms with van der Waals surface area (Å²) in [5.41, 5.74) is 5.82. The van der Waals surface area contributed by atoms with Crippen molar-refractivity contribution in [3.63, 3.8) is 0 Å². The summed E-state index contributed by atoms with van der Waals surface area (Å²) in [6.45, 7) is 5.99. The monoisotopic (exact) mass is 584 g/mol. The van der Waals surface area contributed by atoms with Crippen LogP contribution in [0.25, 0.3) is 0 Å². The number of rotatable bonds is 13. The Morgan fingerprint density at radius 2 is 1.19 bits per heavy atom. The molecule has 1 fully saturated rings. The number of benzene rings is 4. The molecule has 0 unspecified atom stereocenters. The average Bonchev–Trinajstić information content (AvgIpc) is 3.03. The molecule has 0 saturated carbocycles. The first kappa shape index (κ1) is 30.5. The first-order valence-corrected chi connectivity index (χ1v) is 15.3. The Labute approximate surface area is 254 Å². The largest absolute Gasteiger partial charge is 0.374 e. The third-order valence-electron chi connectivity index (χ3n) is 7.54. The highest BCUT2D eigenvalue weighted by molar-refractivity contribution is 8.00.